The largest absolute Gasteiger partial charge is 0.479 e. The van der Waals surface area contributed by atoms with Gasteiger partial charge in [0.25, 0.3) is 5.91 Å². The van der Waals surface area contributed by atoms with Gasteiger partial charge >= 0.3 is 0 Å². The third kappa shape index (κ3) is 4.92. The summed E-state index contributed by atoms with van der Waals surface area (Å²) in [6, 6.07) is 10.1. The molecule has 0 spiro atoms. The summed E-state index contributed by atoms with van der Waals surface area (Å²) in [4.78, 5) is 28.3. The minimum Gasteiger partial charge on any atom is -0.479 e. The van der Waals surface area contributed by atoms with Crippen LogP contribution in [0.1, 0.15) is 20.3 Å². The average Bonchev–Trinajstić information content (AvgIpc) is 3.05. The molecule has 2 amide bonds. The zero-order chi connectivity index (χ0) is 20.3. The summed E-state index contributed by atoms with van der Waals surface area (Å²) in [5.74, 6) is -0.0447. The molecule has 2 aromatic carbocycles. The summed E-state index contributed by atoms with van der Waals surface area (Å²) in [5, 5.41) is 6.89. The Hall–Kier alpha value is -2.35. The number of anilines is 2. The molecule has 2 N–H and O–H groups in total. The number of carbonyl (C=O) groups is 2. The van der Waals surface area contributed by atoms with Crippen molar-refractivity contribution in [2.45, 2.75) is 26.4 Å². The molecule has 28 heavy (non-hydrogen) atoms. The van der Waals surface area contributed by atoms with Crippen LogP contribution in [0.25, 0.3) is 10.2 Å². The van der Waals surface area contributed by atoms with E-state index < -0.39 is 6.10 Å². The maximum Gasteiger partial charge on any atom is 0.265 e. The lowest BCUT2D eigenvalue weighted by Gasteiger charge is -2.15. The summed E-state index contributed by atoms with van der Waals surface area (Å²) < 4.78 is 6.47. The molecule has 0 unspecified atom stereocenters. The fourth-order valence-corrected chi connectivity index (χ4v) is 3.70. The maximum absolute atomic E-state index is 12.4. The molecule has 0 saturated carbocycles. The van der Waals surface area contributed by atoms with Gasteiger partial charge in [-0.2, -0.15) is 0 Å². The van der Waals surface area contributed by atoms with Crippen molar-refractivity contribution in [3.05, 3.63) is 46.4 Å². The number of aromatic nitrogens is 1. The van der Waals surface area contributed by atoms with Crippen molar-refractivity contribution in [1.82, 2.24) is 4.98 Å². The van der Waals surface area contributed by atoms with Crippen molar-refractivity contribution in [1.29, 1.82) is 0 Å². The quantitative estimate of drug-likeness (QED) is 0.543. The second-order valence-electron chi connectivity index (χ2n) is 5.93. The number of nitrogens with one attached hydrogen (secondary N) is 2. The minimum atomic E-state index is -0.768. The lowest BCUT2D eigenvalue weighted by atomic mass is 10.2. The Morgan fingerprint density at radius 1 is 1.18 bits per heavy atom. The van der Waals surface area contributed by atoms with Crippen molar-refractivity contribution < 1.29 is 14.3 Å². The van der Waals surface area contributed by atoms with Gasteiger partial charge in [-0.25, -0.2) is 4.98 Å². The van der Waals surface area contributed by atoms with Crippen LogP contribution in [0.5, 0.6) is 5.75 Å². The third-order valence-corrected chi connectivity index (χ3v) is 5.25. The summed E-state index contributed by atoms with van der Waals surface area (Å²) >= 11 is 13.3. The predicted molar refractivity (Wildman–Crippen MR) is 114 cm³/mol. The predicted octanol–water partition coefficient (Wildman–Crippen LogP) is 5.36. The van der Waals surface area contributed by atoms with E-state index in [4.69, 9.17) is 27.9 Å². The zero-order valence-electron chi connectivity index (χ0n) is 15.1. The molecule has 1 heterocycles. The smallest absolute Gasteiger partial charge is 0.265 e. The van der Waals surface area contributed by atoms with Crippen LogP contribution in [0, 0.1) is 0 Å². The van der Waals surface area contributed by atoms with Gasteiger partial charge in [0.05, 0.1) is 15.2 Å². The Bertz CT molecular complexity index is 1040. The number of benzene rings is 2. The molecule has 3 rings (SSSR count). The first kappa shape index (κ1) is 20.4. The molecule has 0 fully saturated rings. The topological polar surface area (TPSA) is 80.3 Å². The first-order chi connectivity index (χ1) is 13.4. The van der Waals surface area contributed by atoms with Gasteiger partial charge in [0.15, 0.2) is 11.2 Å². The Morgan fingerprint density at radius 2 is 1.96 bits per heavy atom. The van der Waals surface area contributed by atoms with Gasteiger partial charge in [-0.3, -0.25) is 9.59 Å². The molecular formula is C19H17Cl2N3O3S. The first-order valence-corrected chi connectivity index (χ1v) is 10.1. The maximum atomic E-state index is 12.4. The van der Waals surface area contributed by atoms with Crippen LogP contribution in [0.2, 0.25) is 10.0 Å². The van der Waals surface area contributed by atoms with E-state index in [0.29, 0.717) is 33.0 Å². The van der Waals surface area contributed by atoms with E-state index >= 15 is 0 Å². The van der Waals surface area contributed by atoms with E-state index in [-0.39, 0.29) is 11.8 Å². The van der Waals surface area contributed by atoms with Gasteiger partial charge in [0, 0.05) is 17.1 Å². The van der Waals surface area contributed by atoms with Gasteiger partial charge in [0.1, 0.15) is 5.75 Å². The van der Waals surface area contributed by atoms with Crippen molar-refractivity contribution in [3.8, 4) is 5.75 Å². The van der Waals surface area contributed by atoms with Gasteiger partial charge in [-0.1, -0.05) is 41.5 Å². The lowest BCUT2D eigenvalue weighted by molar-refractivity contribution is -0.122. The normalized spacial score (nSPS) is 11.9. The number of fused-ring (bicyclic) bond motifs is 1. The van der Waals surface area contributed by atoms with E-state index in [0.717, 1.165) is 10.2 Å². The summed E-state index contributed by atoms with van der Waals surface area (Å²) in [6.45, 7) is 3.40. The minimum absolute atomic E-state index is 0.0978. The molecule has 0 aliphatic carbocycles. The second-order valence-corrected chi connectivity index (χ2v) is 7.80. The number of nitrogens with zero attached hydrogens (tertiary/aromatic N) is 1. The average molecular weight is 438 g/mol. The molecule has 0 aliphatic heterocycles. The van der Waals surface area contributed by atoms with Crippen LogP contribution >= 0.6 is 34.5 Å². The van der Waals surface area contributed by atoms with E-state index in [9.17, 15) is 9.59 Å². The first-order valence-electron chi connectivity index (χ1n) is 8.48. The van der Waals surface area contributed by atoms with Crippen LogP contribution in [-0.2, 0) is 9.59 Å². The van der Waals surface area contributed by atoms with E-state index in [1.54, 1.807) is 50.2 Å². The summed E-state index contributed by atoms with van der Waals surface area (Å²) in [7, 11) is 0. The number of rotatable bonds is 6. The number of hydrogen-bond donors (Lipinski definition) is 2. The van der Waals surface area contributed by atoms with Gasteiger partial charge in [-0.05, 0) is 43.3 Å². The monoisotopic (exact) mass is 437 g/mol. The van der Waals surface area contributed by atoms with Crippen LogP contribution in [0.3, 0.4) is 0 Å². The molecule has 0 radical (unpaired) electrons. The molecule has 9 heteroatoms. The van der Waals surface area contributed by atoms with E-state index in [1.165, 1.54) is 11.3 Å². The lowest BCUT2D eigenvalue weighted by Crippen LogP contribution is -2.30. The summed E-state index contributed by atoms with van der Waals surface area (Å²) in [5.41, 5.74) is 1.35. The third-order valence-electron chi connectivity index (χ3n) is 3.79. The van der Waals surface area contributed by atoms with Crippen LogP contribution < -0.4 is 15.4 Å². The van der Waals surface area contributed by atoms with Gasteiger partial charge in [-0.15, -0.1) is 0 Å². The highest BCUT2D eigenvalue weighted by molar-refractivity contribution is 7.22. The van der Waals surface area contributed by atoms with Crippen LogP contribution in [0.15, 0.2) is 36.4 Å². The molecule has 0 aliphatic rings. The van der Waals surface area contributed by atoms with Gasteiger partial charge < -0.3 is 15.4 Å². The van der Waals surface area contributed by atoms with E-state index in [1.807, 2.05) is 0 Å². The Balaban J connectivity index is 1.68. The number of hydrogen-bond acceptors (Lipinski definition) is 5. The highest BCUT2D eigenvalue weighted by atomic mass is 35.5. The molecule has 0 bridgehead atoms. The number of carbonyl (C=O) groups excluding carboxylic acids is 2. The Kier molecular flexibility index (Phi) is 6.39. The van der Waals surface area contributed by atoms with Crippen LogP contribution in [-0.4, -0.2) is 22.9 Å². The fraction of sp³-hybridized carbons (Fsp3) is 0.211. The Labute approximate surface area is 175 Å². The molecule has 0 saturated heterocycles. The van der Waals surface area contributed by atoms with Crippen LogP contribution in [0.4, 0.5) is 10.8 Å². The number of halogens is 2. The fourth-order valence-electron chi connectivity index (χ4n) is 2.32. The zero-order valence-corrected chi connectivity index (χ0v) is 17.4. The SMILES string of the molecule is CCC(=O)Nc1nc2ccc(NC(=O)[C@@H](C)Oc3ccc(Cl)cc3Cl)cc2s1. The molecule has 1 atom stereocenters. The molecule has 6 nitrogen and oxygen atoms in total. The highest BCUT2D eigenvalue weighted by Gasteiger charge is 2.17. The second kappa shape index (κ2) is 8.77. The van der Waals surface area contributed by atoms with Crippen molar-refractivity contribution in [3.63, 3.8) is 0 Å². The standard InChI is InChI=1S/C19H17Cl2N3O3S/c1-3-17(25)24-19-23-14-6-5-12(9-16(14)28-19)22-18(26)10(2)27-15-7-4-11(20)8-13(15)21/h4-10H,3H2,1-2H3,(H,22,26)(H,23,24,25)/t10-/m1/s1. The number of amides is 2. The van der Waals surface area contributed by atoms with Crippen molar-refractivity contribution >= 4 is 67.4 Å². The number of thiazole rings is 1. The molecule has 1 aromatic heterocycles. The molecule has 3 aromatic rings. The number of ether oxygens (including phenoxy) is 1. The van der Waals surface area contributed by atoms with E-state index in [2.05, 4.69) is 15.6 Å². The molecular weight excluding hydrogens is 421 g/mol. The van der Waals surface area contributed by atoms with Crippen molar-refractivity contribution in [2.75, 3.05) is 10.6 Å². The Morgan fingerprint density at radius 3 is 2.68 bits per heavy atom. The molecule has 146 valence electrons. The van der Waals surface area contributed by atoms with Crippen molar-refractivity contribution in [2.24, 2.45) is 0 Å². The highest BCUT2D eigenvalue weighted by Crippen LogP contribution is 2.30. The van der Waals surface area contributed by atoms with Gasteiger partial charge in [0.2, 0.25) is 5.91 Å². The summed E-state index contributed by atoms with van der Waals surface area (Å²) in [6.07, 6.45) is -0.387.